The minimum atomic E-state index is -4.53. The average molecular weight is 465 g/mol. The van der Waals surface area contributed by atoms with Crippen molar-refractivity contribution in [2.45, 2.75) is 6.18 Å². The van der Waals surface area contributed by atoms with E-state index in [9.17, 15) is 23.1 Å². The van der Waals surface area contributed by atoms with Crippen LogP contribution >= 0.6 is 0 Å². The van der Waals surface area contributed by atoms with Gasteiger partial charge in [-0.1, -0.05) is 47.7 Å². The maximum absolute atomic E-state index is 13.3. The van der Waals surface area contributed by atoms with E-state index in [1.807, 2.05) is 0 Å². The van der Waals surface area contributed by atoms with Gasteiger partial charge >= 0.3 is 6.18 Å². The molecule has 0 unspecified atom stereocenters. The Balaban J connectivity index is 1.58. The standard InChI is InChI=1S/C25H18F3N3O3/c1-34-24-13-16(10-12-23(24)33)9-11-22(32)17-5-4-6-18(14-17)31-15-21(29-30-31)19-7-2-3-8-20(19)25(26,27)28/h2-15,33H,1H3/b11-9+. The number of phenolic OH excluding ortho intramolecular Hbond substituents is 1. The molecule has 0 saturated carbocycles. The van der Waals surface area contributed by atoms with Crippen LogP contribution in [-0.4, -0.2) is 33.0 Å². The van der Waals surface area contributed by atoms with Gasteiger partial charge in [0.2, 0.25) is 0 Å². The van der Waals surface area contributed by atoms with Gasteiger partial charge in [0.1, 0.15) is 5.69 Å². The molecule has 3 aromatic carbocycles. The van der Waals surface area contributed by atoms with Crippen LogP contribution in [0, 0.1) is 0 Å². The Labute approximate surface area is 192 Å². The zero-order chi connectivity index (χ0) is 24.3. The second-order valence-corrected chi connectivity index (χ2v) is 7.27. The number of phenols is 1. The number of allylic oxidation sites excluding steroid dienone is 1. The second-order valence-electron chi connectivity index (χ2n) is 7.27. The first-order valence-corrected chi connectivity index (χ1v) is 10.0. The summed E-state index contributed by atoms with van der Waals surface area (Å²) in [4.78, 5) is 12.7. The predicted octanol–water partition coefficient (Wildman–Crippen LogP) is 5.56. The lowest BCUT2D eigenvalue weighted by atomic mass is 10.0. The molecule has 4 rings (SSSR count). The first-order valence-electron chi connectivity index (χ1n) is 10.0. The second kappa shape index (κ2) is 9.22. The monoisotopic (exact) mass is 465 g/mol. The fourth-order valence-electron chi connectivity index (χ4n) is 3.33. The van der Waals surface area contributed by atoms with Crippen LogP contribution < -0.4 is 4.74 Å². The third-order valence-electron chi connectivity index (χ3n) is 5.03. The molecule has 0 spiro atoms. The van der Waals surface area contributed by atoms with Gasteiger partial charge < -0.3 is 9.84 Å². The van der Waals surface area contributed by atoms with E-state index in [1.54, 1.807) is 42.5 Å². The molecule has 0 bridgehead atoms. The van der Waals surface area contributed by atoms with Crippen molar-refractivity contribution in [2.24, 2.45) is 0 Å². The molecule has 4 aromatic rings. The molecule has 1 N–H and O–H groups in total. The van der Waals surface area contributed by atoms with Gasteiger partial charge in [-0.25, -0.2) is 4.68 Å². The molecule has 0 fully saturated rings. The van der Waals surface area contributed by atoms with Crippen LogP contribution in [0.25, 0.3) is 23.0 Å². The van der Waals surface area contributed by atoms with Gasteiger partial charge in [0.05, 0.1) is 24.6 Å². The van der Waals surface area contributed by atoms with Gasteiger partial charge in [-0.05, 0) is 42.0 Å². The number of methoxy groups -OCH3 is 1. The van der Waals surface area contributed by atoms with Crippen molar-refractivity contribution < 1.29 is 27.8 Å². The molecule has 1 aromatic heterocycles. The van der Waals surface area contributed by atoms with E-state index >= 15 is 0 Å². The van der Waals surface area contributed by atoms with Crippen LogP contribution in [-0.2, 0) is 6.18 Å². The number of ketones is 1. The SMILES string of the molecule is COc1cc(/C=C/C(=O)c2cccc(-n3cc(-c4ccccc4C(F)(F)F)nn3)c2)ccc1O. The maximum Gasteiger partial charge on any atom is 0.417 e. The van der Waals surface area contributed by atoms with Gasteiger partial charge in [0, 0.05) is 11.1 Å². The summed E-state index contributed by atoms with van der Waals surface area (Å²) in [5.41, 5.74) is 0.651. The number of halogens is 3. The van der Waals surface area contributed by atoms with Crippen LogP contribution in [0.15, 0.2) is 79.0 Å². The molecule has 0 aliphatic rings. The lowest BCUT2D eigenvalue weighted by Gasteiger charge is -2.10. The minimum absolute atomic E-state index is 0.0104. The van der Waals surface area contributed by atoms with Crippen LogP contribution in [0.2, 0.25) is 0 Å². The molecular formula is C25H18F3N3O3. The summed E-state index contributed by atoms with van der Waals surface area (Å²) in [6.07, 6.45) is -0.191. The average Bonchev–Trinajstić information content (AvgIpc) is 3.33. The maximum atomic E-state index is 13.3. The third-order valence-corrected chi connectivity index (χ3v) is 5.03. The van der Waals surface area contributed by atoms with Crippen LogP contribution in [0.5, 0.6) is 11.5 Å². The number of carbonyl (C=O) groups excluding carboxylic acids is 1. The van der Waals surface area contributed by atoms with Crippen LogP contribution in [0.3, 0.4) is 0 Å². The summed E-state index contributed by atoms with van der Waals surface area (Å²) in [5, 5.41) is 17.5. The van der Waals surface area contributed by atoms with Crippen molar-refractivity contribution in [3.8, 4) is 28.4 Å². The Kier molecular flexibility index (Phi) is 6.18. The Bertz CT molecular complexity index is 1380. The number of hydrogen-bond acceptors (Lipinski definition) is 5. The van der Waals surface area contributed by atoms with Crippen molar-refractivity contribution in [1.82, 2.24) is 15.0 Å². The van der Waals surface area contributed by atoms with Crippen molar-refractivity contribution in [3.63, 3.8) is 0 Å². The Morgan fingerprint density at radius 1 is 1.06 bits per heavy atom. The van der Waals surface area contributed by atoms with Crippen molar-refractivity contribution in [3.05, 3.63) is 95.7 Å². The molecule has 6 nitrogen and oxygen atoms in total. The number of carbonyl (C=O) groups is 1. The number of rotatable bonds is 6. The number of aromatic nitrogens is 3. The lowest BCUT2D eigenvalue weighted by Crippen LogP contribution is -2.06. The van der Waals surface area contributed by atoms with Crippen molar-refractivity contribution in [1.29, 1.82) is 0 Å². The first kappa shape index (κ1) is 22.8. The molecule has 172 valence electrons. The van der Waals surface area contributed by atoms with Gasteiger partial charge in [-0.3, -0.25) is 4.79 Å². The number of alkyl halides is 3. The first-order chi connectivity index (χ1) is 16.3. The van der Waals surface area contributed by atoms with E-state index in [0.717, 1.165) is 6.07 Å². The Morgan fingerprint density at radius 2 is 1.85 bits per heavy atom. The van der Waals surface area contributed by atoms with Crippen LogP contribution in [0.1, 0.15) is 21.5 Å². The molecule has 0 saturated heterocycles. The van der Waals surface area contributed by atoms with E-state index in [-0.39, 0.29) is 28.5 Å². The summed E-state index contributed by atoms with van der Waals surface area (Å²) >= 11 is 0. The quantitative estimate of drug-likeness (QED) is 0.298. The van der Waals surface area contributed by atoms with Gasteiger partial charge in [0.15, 0.2) is 17.3 Å². The van der Waals surface area contributed by atoms with Gasteiger partial charge in [0.25, 0.3) is 0 Å². The molecule has 0 aliphatic carbocycles. The number of hydrogen-bond donors (Lipinski definition) is 1. The van der Waals surface area contributed by atoms with Crippen LogP contribution in [0.4, 0.5) is 13.2 Å². The molecular weight excluding hydrogens is 447 g/mol. The number of aromatic hydroxyl groups is 1. The molecule has 0 atom stereocenters. The number of ether oxygens (including phenoxy) is 1. The molecule has 34 heavy (non-hydrogen) atoms. The van der Waals surface area contributed by atoms with E-state index in [4.69, 9.17) is 4.74 Å². The zero-order valence-electron chi connectivity index (χ0n) is 17.8. The molecule has 9 heteroatoms. The summed E-state index contributed by atoms with van der Waals surface area (Å²) in [5.74, 6) is -0.0222. The van der Waals surface area contributed by atoms with E-state index in [2.05, 4.69) is 10.3 Å². The molecule has 0 amide bonds. The van der Waals surface area contributed by atoms with E-state index < -0.39 is 11.7 Å². The normalized spacial score (nSPS) is 11.6. The number of nitrogens with zero attached hydrogens (tertiary/aromatic N) is 3. The largest absolute Gasteiger partial charge is 0.504 e. The lowest BCUT2D eigenvalue weighted by molar-refractivity contribution is -0.137. The third kappa shape index (κ3) is 4.83. The van der Waals surface area contributed by atoms with Crippen molar-refractivity contribution >= 4 is 11.9 Å². The highest BCUT2D eigenvalue weighted by Gasteiger charge is 2.34. The highest BCUT2D eigenvalue weighted by molar-refractivity contribution is 6.07. The Hall–Kier alpha value is -4.40. The Morgan fingerprint density at radius 3 is 2.62 bits per heavy atom. The topological polar surface area (TPSA) is 77.2 Å². The van der Waals surface area contributed by atoms with Crippen molar-refractivity contribution in [2.75, 3.05) is 7.11 Å². The molecule has 1 heterocycles. The highest BCUT2D eigenvalue weighted by Crippen LogP contribution is 2.36. The predicted molar refractivity (Wildman–Crippen MR) is 120 cm³/mol. The minimum Gasteiger partial charge on any atom is -0.504 e. The fourth-order valence-corrected chi connectivity index (χ4v) is 3.33. The molecule has 0 radical (unpaired) electrons. The fraction of sp³-hybridized carbons (Fsp3) is 0.0800. The number of benzene rings is 3. The smallest absolute Gasteiger partial charge is 0.417 e. The summed E-state index contributed by atoms with van der Waals surface area (Å²) in [6.45, 7) is 0. The van der Waals surface area contributed by atoms with E-state index in [0.29, 0.717) is 16.8 Å². The summed E-state index contributed by atoms with van der Waals surface area (Å²) < 4.78 is 46.4. The summed E-state index contributed by atoms with van der Waals surface area (Å²) in [6, 6.07) is 16.3. The van der Waals surface area contributed by atoms with Gasteiger partial charge in [-0.2, -0.15) is 13.2 Å². The van der Waals surface area contributed by atoms with Gasteiger partial charge in [-0.15, -0.1) is 5.10 Å². The molecule has 0 aliphatic heterocycles. The van der Waals surface area contributed by atoms with E-state index in [1.165, 1.54) is 48.3 Å². The summed E-state index contributed by atoms with van der Waals surface area (Å²) in [7, 11) is 1.43. The highest BCUT2D eigenvalue weighted by atomic mass is 19.4. The zero-order valence-corrected chi connectivity index (χ0v) is 17.8.